The number of esters is 1. The molecule has 1 N–H and O–H groups in total. The van der Waals surface area contributed by atoms with E-state index in [1.165, 1.54) is 0 Å². The van der Waals surface area contributed by atoms with Crippen molar-refractivity contribution in [2.75, 3.05) is 0 Å². The first-order chi connectivity index (χ1) is 7.22. The molecule has 2 fully saturated rings. The van der Waals surface area contributed by atoms with Crippen LogP contribution in [0.3, 0.4) is 0 Å². The summed E-state index contributed by atoms with van der Waals surface area (Å²) in [7, 11) is 0. The summed E-state index contributed by atoms with van der Waals surface area (Å²) in [6, 6.07) is -1.40. The average molecular weight is 233 g/mol. The molecule has 0 bridgehead atoms. The highest BCUT2D eigenvalue weighted by atomic mass is 19.3. The first-order valence-electron chi connectivity index (χ1n) is 5.58. The van der Waals surface area contributed by atoms with Crippen LogP contribution in [0.25, 0.3) is 0 Å². The van der Waals surface area contributed by atoms with E-state index in [1.54, 1.807) is 20.8 Å². The van der Waals surface area contributed by atoms with E-state index in [0.717, 1.165) is 0 Å². The topological polar surface area (TPSA) is 38.3 Å². The highest BCUT2D eigenvalue weighted by molar-refractivity contribution is 5.76. The van der Waals surface area contributed by atoms with Crippen molar-refractivity contribution in [3.63, 3.8) is 0 Å². The number of alkyl halides is 2. The van der Waals surface area contributed by atoms with Gasteiger partial charge in [-0.2, -0.15) is 0 Å². The maximum absolute atomic E-state index is 13.1. The summed E-state index contributed by atoms with van der Waals surface area (Å²) < 4.78 is 31.3. The fourth-order valence-corrected chi connectivity index (χ4v) is 2.18. The number of piperidine rings is 1. The molecule has 1 aliphatic heterocycles. The Balaban J connectivity index is 1.91. The van der Waals surface area contributed by atoms with Crippen LogP contribution >= 0.6 is 0 Å². The molecule has 1 saturated heterocycles. The molecule has 92 valence electrons. The van der Waals surface area contributed by atoms with Gasteiger partial charge in [-0.15, -0.1) is 0 Å². The van der Waals surface area contributed by atoms with Crippen LogP contribution < -0.4 is 5.32 Å². The second kappa shape index (κ2) is 3.39. The zero-order valence-corrected chi connectivity index (χ0v) is 9.72. The fourth-order valence-electron chi connectivity index (χ4n) is 2.18. The van der Waals surface area contributed by atoms with Crippen LogP contribution in [-0.4, -0.2) is 29.6 Å². The average Bonchev–Trinajstić information content (AvgIpc) is 2.66. The Morgan fingerprint density at radius 1 is 1.38 bits per heavy atom. The SMILES string of the molecule is CC(C)(C)OC(=O)[C@@H]1CC[C@H]2[C@@H](N1)C2(F)F. The first kappa shape index (κ1) is 11.8. The Kier molecular flexibility index (Phi) is 2.49. The second-order valence-electron chi connectivity index (χ2n) is 5.59. The zero-order chi connectivity index (χ0) is 12.1. The standard InChI is InChI=1S/C11H17F2NO2/c1-10(2,3)16-9(15)7-5-4-6-8(14-7)11(6,12)13/h6-8,14H,4-5H2,1-3H3/t6-,7-,8+/m0/s1. The van der Waals surface area contributed by atoms with E-state index < -0.39 is 35.5 Å². The van der Waals surface area contributed by atoms with Crippen molar-refractivity contribution >= 4 is 5.97 Å². The van der Waals surface area contributed by atoms with Crippen LogP contribution in [0.15, 0.2) is 0 Å². The highest BCUT2D eigenvalue weighted by Gasteiger charge is 2.70. The molecule has 0 aromatic rings. The van der Waals surface area contributed by atoms with E-state index >= 15 is 0 Å². The van der Waals surface area contributed by atoms with E-state index in [2.05, 4.69) is 5.32 Å². The number of fused-ring (bicyclic) bond motifs is 1. The highest BCUT2D eigenvalue weighted by Crippen LogP contribution is 2.54. The number of nitrogens with one attached hydrogen (secondary N) is 1. The molecule has 1 aliphatic carbocycles. The minimum Gasteiger partial charge on any atom is -0.459 e. The van der Waals surface area contributed by atoms with Gasteiger partial charge in [0.05, 0.1) is 6.04 Å². The third kappa shape index (κ3) is 2.05. The van der Waals surface area contributed by atoms with E-state index in [1.807, 2.05) is 0 Å². The lowest BCUT2D eigenvalue weighted by molar-refractivity contribution is -0.158. The van der Waals surface area contributed by atoms with Crippen molar-refractivity contribution in [1.82, 2.24) is 5.32 Å². The van der Waals surface area contributed by atoms with Gasteiger partial charge in [-0.3, -0.25) is 10.1 Å². The molecule has 3 nitrogen and oxygen atoms in total. The summed E-state index contributed by atoms with van der Waals surface area (Å²) >= 11 is 0. The van der Waals surface area contributed by atoms with Gasteiger partial charge in [-0.1, -0.05) is 0 Å². The van der Waals surface area contributed by atoms with Gasteiger partial charge < -0.3 is 4.74 Å². The molecule has 0 spiro atoms. The number of carbonyl (C=O) groups excluding carboxylic acids is 1. The molecule has 1 saturated carbocycles. The minimum atomic E-state index is -2.63. The summed E-state index contributed by atoms with van der Waals surface area (Å²) in [5.74, 6) is -3.63. The Bertz CT molecular complexity index is 312. The predicted molar refractivity (Wildman–Crippen MR) is 54.2 cm³/mol. The second-order valence-corrected chi connectivity index (χ2v) is 5.59. The van der Waals surface area contributed by atoms with E-state index in [9.17, 15) is 13.6 Å². The molecule has 16 heavy (non-hydrogen) atoms. The Morgan fingerprint density at radius 2 is 2.00 bits per heavy atom. The van der Waals surface area contributed by atoms with Gasteiger partial charge in [0, 0.05) is 5.92 Å². The summed E-state index contributed by atoms with van der Waals surface area (Å²) in [5.41, 5.74) is -0.568. The number of hydrogen-bond acceptors (Lipinski definition) is 3. The summed E-state index contributed by atoms with van der Waals surface area (Å²) in [6.07, 6.45) is 0.834. The van der Waals surface area contributed by atoms with Crippen molar-refractivity contribution in [2.24, 2.45) is 5.92 Å². The molecule has 3 atom stereocenters. The summed E-state index contributed by atoms with van der Waals surface area (Å²) in [4.78, 5) is 11.7. The van der Waals surface area contributed by atoms with Crippen LogP contribution in [0, 0.1) is 5.92 Å². The molecule has 5 heteroatoms. The van der Waals surface area contributed by atoms with Crippen molar-refractivity contribution < 1.29 is 18.3 Å². The molecule has 0 radical (unpaired) electrons. The van der Waals surface area contributed by atoms with Crippen LogP contribution in [0.5, 0.6) is 0 Å². The van der Waals surface area contributed by atoms with Crippen LogP contribution in [-0.2, 0) is 9.53 Å². The van der Waals surface area contributed by atoms with Gasteiger partial charge in [-0.25, -0.2) is 8.78 Å². The quantitative estimate of drug-likeness (QED) is 0.701. The molecule has 0 aromatic carbocycles. The number of carbonyl (C=O) groups is 1. The van der Waals surface area contributed by atoms with Gasteiger partial charge in [-0.05, 0) is 33.6 Å². The maximum atomic E-state index is 13.1. The first-order valence-corrected chi connectivity index (χ1v) is 5.58. The van der Waals surface area contributed by atoms with Crippen molar-refractivity contribution in [3.8, 4) is 0 Å². The smallest absolute Gasteiger partial charge is 0.323 e. The number of rotatable bonds is 1. The van der Waals surface area contributed by atoms with Crippen molar-refractivity contribution in [3.05, 3.63) is 0 Å². The Morgan fingerprint density at radius 3 is 2.50 bits per heavy atom. The van der Waals surface area contributed by atoms with Crippen LogP contribution in [0.2, 0.25) is 0 Å². The molecule has 1 heterocycles. The van der Waals surface area contributed by atoms with Gasteiger partial charge in [0.2, 0.25) is 0 Å². The minimum absolute atomic E-state index is 0.397. The molecular formula is C11H17F2NO2. The van der Waals surface area contributed by atoms with Gasteiger partial charge in [0.25, 0.3) is 5.92 Å². The number of hydrogen-bond donors (Lipinski definition) is 1. The van der Waals surface area contributed by atoms with Gasteiger partial charge in [0.15, 0.2) is 0 Å². The zero-order valence-electron chi connectivity index (χ0n) is 9.72. The molecule has 2 aliphatic rings. The molecule has 0 aromatic heterocycles. The predicted octanol–water partition coefficient (Wildman–Crippen LogP) is 1.71. The van der Waals surface area contributed by atoms with Crippen molar-refractivity contribution in [1.29, 1.82) is 0 Å². The molecule has 0 amide bonds. The molecule has 0 unspecified atom stereocenters. The Labute approximate surface area is 93.5 Å². The largest absolute Gasteiger partial charge is 0.459 e. The van der Waals surface area contributed by atoms with Gasteiger partial charge in [0.1, 0.15) is 11.6 Å². The summed E-state index contributed by atoms with van der Waals surface area (Å²) in [5, 5.41) is 2.68. The normalized spacial score (nSPS) is 36.4. The third-order valence-corrected chi connectivity index (χ3v) is 3.04. The monoisotopic (exact) mass is 233 g/mol. The lowest BCUT2D eigenvalue weighted by Gasteiger charge is -2.26. The fraction of sp³-hybridized carbons (Fsp3) is 0.909. The van der Waals surface area contributed by atoms with E-state index in [-0.39, 0.29) is 0 Å². The number of halogens is 2. The van der Waals surface area contributed by atoms with Crippen molar-refractivity contribution in [2.45, 2.75) is 57.2 Å². The summed E-state index contributed by atoms with van der Waals surface area (Å²) in [6.45, 7) is 5.30. The Hall–Kier alpha value is -0.710. The molecular weight excluding hydrogens is 216 g/mol. The lowest BCUT2D eigenvalue weighted by atomic mass is 10.0. The van der Waals surface area contributed by atoms with E-state index in [0.29, 0.717) is 12.8 Å². The molecule has 2 rings (SSSR count). The van der Waals surface area contributed by atoms with Gasteiger partial charge >= 0.3 is 5.97 Å². The van der Waals surface area contributed by atoms with Crippen LogP contribution in [0.4, 0.5) is 8.78 Å². The number of ether oxygens (including phenoxy) is 1. The lowest BCUT2D eigenvalue weighted by Crippen LogP contribution is -2.45. The third-order valence-electron chi connectivity index (χ3n) is 3.04. The van der Waals surface area contributed by atoms with Crippen LogP contribution in [0.1, 0.15) is 33.6 Å². The van der Waals surface area contributed by atoms with E-state index in [4.69, 9.17) is 4.74 Å². The maximum Gasteiger partial charge on any atom is 0.323 e.